The number of aryl methyl sites for hydroxylation is 1. The number of phenols is 1. The fourth-order valence-corrected chi connectivity index (χ4v) is 2.98. The normalized spacial score (nSPS) is 11.5. The van der Waals surface area contributed by atoms with E-state index >= 15 is 0 Å². The minimum Gasteiger partial charge on any atom is -0.508 e. The van der Waals surface area contributed by atoms with E-state index in [1.807, 2.05) is 6.07 Å². The minimum atomic E-state index is -3.61. The lowest BCUT2D eigenvalue weighted by Gasteiger charge is -2.07. The maximum absolute atomic E-state index is 12.8. The Bertz CT molecular complexity index is 699. The molecule has 21 heavy (non-hydrogen) atoms. The van der Waals surface area contributed by atoms with Gasteiger partial charge in [0.1, 0.15) is 11.6 Å². The Hall–Kier alpha value is -1.92. The van der Waals surface area contributed by atoms with Crippen molar-refractivity contribution in [3.8, 4) is 5.75 Å². The molecule has 0 aliphatic rings. The summed E-state index contributed by atoms with van der Waals surface area (Å²) in [5.41, 5.74) is 0.941. The second kappa shape index (κ2) is 6.69. The van der Waals surface area contributed by atoms with Gasteiger partial charge < -0.3 is 5.11 Å². The molecule has 0 amide bonds. The molecule has 0 radical (unpaired) electrons. The lowest BCUT2D eigenvalue weighted by atomic mass is 10.1. The minimum absolute atomic E-state index is 0.0428. The van der Waals surface area contributed by atoms with E-state index < -0.39 is 15.8 Å². The highest BCUT2D eigenvalue weighted by Gasteiger charge is 2.12. The lowest BCUT2D eigenvalue weighted by Crippen LogP contribution is -2.25. The summed E-state index contributed by atoms with van der Waals surface area (Å²) in [5.74, 6) is -0.280. The molecule has 0 aliphatic heterocycles. The first kappa shape index (κ1) is 15.5. The van der Waals surface area contributed by atoms with E-state index in [9.17, 15) is 17.9 Å². The van der Waals surface area contributed by atoms with Crippen molar-refractivity contribution in [1.29, 1.82) is 0 Å². The molecule has 0 aliphatic carbocycles. The summed E-state index contributed by atoms with van der Waals surface area (Å²) in [6, 6.07) is 11.5. The molecule has 2 aromatic carbocycles. The molecule has 2 N–H and O–H groups in total. The fraction of sp³-hybridized carbons (Fsp3) is 0.200. The summed E-state index contributed by atoms with van der Waals surface area (Å²) in [4.78, 5) is 0.0428. The molecule has 112 valence electrons. The number of halogens is 1. The zero-order chi connectivity index (χ0) is 15.3. The number of nitrogens with one attached hydrogen (secondary N) is 1. The summed E-state index contributed by atoms with van der Waals surface area (Å²) >= 11 is 0. The molecule has 2 rings (SSSR count). The molecule has 0 saturated heterocycles. The zero-order valence-corrected chi connectivity index (χ0v) is 12.1. The first-order valence-electron chi connectivity index (χ1n) is 6.50. The third-order valence-corrected chi connectivity index (χ3v) is 4.45. The highest BCUT2D eigenvalue weighted by Crippen LogP contribution is 2.13. The van der Waals surface area contributed by atoms with E-state index in [4.69, 9.17) is 0 Å². The SMILES string of the molecule is O=S(=O)(NCCCc1cccc(O)c1)c1ccc(F)cc1. The Labute approximate surface area is 123 Å². The number of rotatable bonds is 6. The van der Waals surface area contributed by atoms with Gasteiger partial charge in [0.15, 0.2) is 0 Å². The average molecular weight is 309 g/mol. The number of phenolic OH excluding ortho intramolecular Hbond substituents is 1. The van der Waals surface area contributed by atoms with Crippen LogP contribution in [-0.4, -0.2) is 20.1 Å². The van der Waals surface area contributed by atoms with Crippen LogP contribution in [0.3, 0.4) is 0 Å². The van der Waals surface area contributed by atoms with E-state index in [1.54, 1.807) is 18.2 Å². The predicted molar refractivity (Wildman–Crippen MR) is 78.0 cm³/mol. The molecule has 0 spiro atoms. The Morgan fingerprint density at radius 2 is 1.81 bits per heavy atom. The average Bonchev–Trinajstić information content (AvgIpc) is 2.44. The van der Waals surface area contributed by atoms with Crippen molar-refractivity contribution < 1.29 is 17.9 Å². The number of benzene rings is 2. The summed E-state index contributed by atoms with van der Waals surface area (Å²) in [6.45, 7) is 0.273. The third kappa shape index (κ3) is 4.54. The molecule has 0 fully saturated rings. The summed E-state index contributed by atoms with van der Waals surface area (Å²) in [5, 5.41) is 9.33. The van der Waals surface area contributed by atoms with Gasteiger partial charge in [0.25, 0.3) is 0 Å². The zero-order valence-electron chi connectivity index (χ0n) is 11.3. The quantitative estimate of drug-likeness (QED) is 0.806. The van der Waals surface area contributed by atoms with Gasteiger partial charge in [-0.3, -0.25) is 0 Å². The molecular formula is C15H16FNO3S. The van der Waals surface area contributed by atoms with E-state index in [0.29, 0.717) is 12.8 Å². The van der Waals surface area contributed by atoms with Crippen molar-refractivity contribution in [2.75, 3.05) is 6.54 Å². The van der Waals surface area contributed by atoms with Gasteiger partial charge in [0.05, 0.1) is 4.90 Å². The van der Waals surface area contributed by atoms with Crippen LogP contribution in [0.5, 0.6) is 5.75 Å². The number of hydrogen-bond donors (Lipinski definition) is 2. The van der Waals surface area contributed by atoms with Crippen molar-refractivity contribution in [2.24, 2.45) is 0 Å². The van der Waals surface area contributed by atoms with Crippen molar-refractivity contribution in [3.63, 3.8) is 0 Å². The molecule has 0 saturated carbocycles. The maximum atomic E-state index is 12.8. The predicted octanol–water partition coefficient (Wildman–Crippen LogP) is 2.44. The van der Waals surface area contributed by atoms with Crippen molar-refractivity contribution in [3.05, 3.63) is 59.9 Å². The first-order chi connectivity index (χ1) is 9.97. The second-order valence-corrected chi connectivity index (χ2v) is 6.39. The van der Waals surface area contributed by atoms with Crippen LogP contribution in [0.1, 0.15) is 12.0 Å². The largest absolute Gasteiger partial charge is 0.508 e. The summed E-state index contributed by atoms with van der Waals surface area (Å²) in [7, 11) is -3.61. The van der Waals surface area contributed by atoms with Gasteiger partial charge in [0, 0.05) is 6.54 Å². The number of sulfonamides is 1. The van der Waals surface area contributed by atoms with E-state index in [-0.39, 0.29) is 17.2 Å². The topological polar surface area (TPSA) is 66.4 Å². The standard InChI is InChI=1S/C15H16FNO3S/c16-13-6-8-15(9-7-13)21(19,20)17-10-2-4-12-3-1-5-14(18)11-12/h1,3,5-9,11,17-18H,2,4,10H2. The van der Waals surface area contributed by atoms with Crippen LogP contribution in [0, 0.1) is 5.82 Å². The van der Waals surface area contributed by atoms with Crippen molar-refractivity contribution in [2.45, 2.75) is 17.7 Å². The van der Waals surface area contributed by atoms with Crippen LogP contribution in [0.15, 0.2) is 53.4 Å². The second-order valence-electron chi connectivity index (χ2n) is 4.63. The van der Waals surface area contributed by atoms with Gasteiger partial charge in [-0.1, -0.05) is 12.1 Å². The van der Waals surface area contributed by atoms with Gasteiger partial charge in [-0.25, -0.2) is 17.5 Å². The van der Waals surface area contributed by atoms with Gasteiger partial charge in [0.2, 0.25) is 10.0 Å². The van der Waals surface area contributed by atoms with Crippen molar-refractivity contribution >= 4 is 10.0 Å². The van der Waals surface area contributed by atoms with Crippen LogP contribution in [0.2, 0.25) is 0 Å². The van der Waals surface area contributed by atoms with Gasteiger partial charge in [-0.15, -0.1) is 0 Å². The maximum Gasteiger partial charge on any atom is 0.240 e. The van der Waals surface area contributed by atoms with Crippen LogP contribution in [0.4, 0.5) is 4.39 Å². The molecule has 4 nitrogen and oxygen atoms in total. The molecule has 0 unspecified atom stereocenters. The molecule has 0 heterocycles. The van der Waals surface area contributed by atoms with Gasteiger partial charge in [-0.05, 0) is 54.8 Å². The molecule has 2 aromatic rings. The van der Waals surface area contributed by atoms with Gasteiger partial charge >= 0.3 is 0 Å². The van der Waals surface area contributed by atoms with Crippen molar-refractivity contribution in [1.82, 2.24) is 4.72 Å². The highest BCUT2D eigenvalue weighted by atomic mass is 32.2. The Morgan fingerprint density at radius 3 is 2.48 bits per heavy atom. The van der Waals surface area contributed by atoms with E-state index in [2.05, 4.69) is 4.72 Å². The molecular weight excluding hydrogens is 293 g/mol. The molecule has 0 aromatic heterocycles. The first-order valence-corrected chi connectivity index (χ1v) is 7.99. The van der Waals surface area contributed by atoms with Crippen LogP contribution in [-0.2, 0) is 16.4 Å². The Balaban J connectivity index is 1.86. The van der Waals surface area contributed by atoms with E-state index in [1.165, 1.54) is 12.1 Å². The molecule has 0 atom stereocenters. The number of aromatic hydroxyl groups is 1. The van der Waals surface area contributed by atoms with E-state index in [0.717, 1.165) is 17.7 Å². The Morgan fingerprint density at radius 1 is 1.10 bits per heavy atom. The van der Waals surface area contributed by atoms with Crippen LogP contribution >= 0.6 is 0 Å². The fourth-order valence-electron chi connectivity index (χ4n) is 1.91. The molecule has 6 heteroatoms. The lowest BCUT2D eigenvalue weighted by molar-refractivity contribution is 0.474. The summed E-state index contributed by atoms with van der Waals surface area (Å²) in [6.07, 6.45) is 1.25. The van der Waals surface area contributed by atoms with Gasteiger partial charge in [-0.2, -0.15) is 0 Å². The molecule has 0 bridgehead atoms. The highest BCUT2D eigenvalue weighted by molar-refractivity contribution is 7.89. The Kier molecular flexibility index (Phi) is 4.93. The summed E-state index contributed by atoms with van der Waals surface area (Å²) < 4.78 is 39.1. The smallest absolute Gasteiger partial charge is 0.240 e. The monoisotopic (exact) mass is 309 g/mol. The third-order valence-electron chi connectivity index (χ3n) is 2.97. The van der Waals surface area contributed by atoms with Crippen LogP contribution < -0.4 is 4.72 Å². The van der Waals surface area contributed by atoms with Crippen LogP contribution in [0.25, 0.3) is 0 Å². The number of hydrogen-bond acceptors (Lipinski definition) is 3.